The van der Waals surface area contributed by atoms with Crippen molar-refractivity contribution in [2.24, 2.45) is 0 Å². The minimum atomic E-state index is -0.217. The average molecular weight is 334 g/mol. The summed E-state index contributed by atoms with van der Waals surface area (Å²) in [7, 11) is 1.41. The van der Waals surface area contributed by atoms with Crippen molar-refractivity contribution in [3.63, 3.8) is 0 Å². The summed E-state index contributed by atoms with van der Waals surface area (Å²) >= 11 is 0. The van der Waals surface area contributed by atoms with Gasteiger partial charge in [-0.3, -0.25) is 9.69 Å². The van der Waals surface area contributed by atoms with Gasteiger partial charge < -0.3 is 19.1 Å². The lowest BCUT2D eigenvalue weighted by Crippen LogP contribution is -2.51. The Hall–Kier alpha value is -1.63. The van der Waals surface area contributed by atoms with Gasteiger partial charge in [0, 0.05) is 38.4 Å². The molecule has 0 aromatic heterocycles. The van der Waals surface area contributed by atoms with E-state index in [1.54, 1.807) is 0 Å². The van der Waals surface area contributed by atoms with Crippen LogP contribution in [0.2, 0.25) is 0 Å². The maximum Gasteiger partial charge on any atom is 0.308 e. The predicted molar refractivity (Wildman–Crippen MR) is 91.2 cm³/mol. The number of hydrogen-bond acceptors (Lipinski definition) is 6. The Morgan fingerprint density at radius 1 is 1.12 bits per heavy atom. The Morgan fingerprint density at radius 3 is 2.67 bits per heavy atom. The Labute approximate surface area is 143 Å². The number of carbonyl (C=O) groups excluding carboxylic acids is 1. The number of morpholine rings is 2. The number of anilines is 1. The fourth-order valence-corrected chi connectivity index (χ4v) is 3.33. The van der Waals surface area contributed by atoms with Crippen molar-refractivity contribution in [1.29, 1.82) is 0 Å². The molecule has 24 heavy (non-hydrogen) atoms. The molecule has 2 heterocycles. The maximum absolute atomic E-state index is 11.4. The molecule has 0 spiro atoms. The first-order valence-electron chi connectivity index (χ1n) is 8.57. The average Bonchev–Trinajstić information content (AvgIpc) is 2.63. The third kappa shape index (κ3) is 4.69. The van der Waals surface area contributed by atoms with E-state index in [-0.39, 0.29) is 18.2 Å². The van der Waals surface area contributed by atoms with Crippen LogP contribution < -0.4 is 4.90 Å². The molecule has 1 aromatic carbocycles. The molecule has 2 unspecified atom stereocenters. The van der Waals surface area contributed by atoms with Gasteiger partial charge in [0.25, 0.3) is 0 Å². The molecule has 0 aliphatic carbocycles. The van der Waals surface area contributed by atoms with E-state index < -0.39 is 0 Å². The number of rotatable bonds is 5. The second-order valence-corrected chi connectivity index (χ2v) is 6.31. The molecule has 132 valence electrons. The minimum absolute atomic E-state index is 0.0833. The topological polar surface area (TPSA) is 51.2 Å². The lowest BCUT2D eigenvalue weighted by atomic mass is 10.1. The molecule has 1 aromatic rings. The molecular formula is C18H26N2O4. The van der Waals surface area contributed by atoms with Crippen molar-refractivity contribution < 1.29 is 19.0 Å². The van der Waals surface area contributed by atoms with Crippen molar-refractivity contribution in [2.45, 2.75) is 18.6 Å². The molecule has 0 N–H and O–H groups in total. The molecule has 0 amide bonds. The highest BCUT2D eigenvalue weighted by molar-refractivity contribution is 5.69. The first-order chi connectivity index (χ1) is 11.7. The molecule has 2 aliphatic rings. The summed E-state index contributed by atoms with van der Waals surface area (Å²) in [6.45, 7) is 5.71. The predicted octanol–water partition coefficient (Wildman–Crippen LogP) is 1.16. The van der Waals surface area contributed by atoms with Crippen LogP contribution in [-0.2, 0) is 19.0 Å². The van der Waals surface area contributed by atoms with Crippen LogP contribution in [-0.4, -0.2) is 76.1 Å². The van der Waals surface area contributed by atoms with Crippen molar-refractivity contribution in [3.05, 3.63) is 30.3 Å². The van der Waals surface area contributed by atoms with Gasteiger partial charge in [-0.15, -0.1) is 0 Å². The molecule has 3 rings (SSSR count). The maximum atomic E-state index is 11.4. The molecule has 2 saturated heterocycles. The number of esters is 1. The number of ether oxygens (including phenoxy) is 3. The Balaban J connectivity index is 1.51. The van der Waals surface area contributed by atoms with E-state index in [0.29, 0.717) is 13.0 Å². The number of benzene rings is 1. The van der Waals surface area contributed by atoms with Crippen LogP contribution in [0.15, 0.2) is 30.3 Å². The fourth-order valence-electron chi connectivity index (χ4n) is 3.33. The van der Waals surface area contributed by atoms with Gasteiger partial charge in [0.15, 0.2) is 0 Å². The fraction of sp³-hybridized carbons (Fsp3) is 0.611. The summed E-state index contributed by atoms with van der Waals surface area (Å²) in [5.74, 6) is -0.217. The molecule has 0 saturated carbocycles. The van der Waals surface area contributed by atoms with E-state index in [2.05, 4.69) is 34.1 Å². The van der Waals surface area contributed by atoms with Crippen LogP contribution in [0, 0.1) is 0 Å². The van der Waals surface area contributed by atoms with Crippen LogP contribution >= 0.6 is 0 Å². The van der Waals surface area contributed by atoms with E-state index >= 15 is 0 Å². The van der Waals surface area contributed by atoms with Crippen molar-refractivity contribution >= 4 is 11.7 Å². The highest BCUT2D eigenvalue weighted by Crippen LogP contribution is 2.18. The molecule has 2 atom stereocenters. The first-order valence-corrected chi connectivity index (χ1v) is 8.57. The van der Waals surface area contributed by atoms with Gasteiger partial charge in [0.1, 0.15) is 0 Å². The molecule has 2 aliphatic heterocycles. The third-order valence-electron chi connectivity index (χ3n) is 4.57. The zero-order valence-corrected chi connectivity index (χ0v) is 14.2. The van der Waals surface area contributed by atoms with E-state index in [1.165, 1.54) is 12.8 Å². The summed E-state index contributed by atoms with van der Waals surface area (Å²) < 4.78 is 16.4. The number of hydrogen-bond donors (Lipinski definition) is 0. The first kappa shape index (κ1) is 17.2. The summed E-state index contributed by atoms with van der Waals surface area (Å²) in [6.07, 6.45) is 0.408. The second kappa shape index (κ2) is 8.46. The summed E-state index contributed by atoms with van der Waals surface area (Å²) in [5, 5.41) is 0. The Kier molecular flexibility index (Phi) is 6.07. The van der Waals surface area contributed by atoms with Gasteiger partial charge in [-0.1, -0.05) is 18.2 Å². The quantitative estimate of drug-likeness (QED) is 0.753. The summed E-state index contributed by atoms with van der Waals surface area (Å²) in [5.41, 5.74) is 1.25. The van der Waals surface area contributed by atoms with E-state index in [9.17, 15) is 4.79 Å². The molecule has 0 radical (unpaired) electrons. The lowest BCUT2D eigenvalue weighted by Gasteiger charge is -2.39. The number of nitrogens with zero attached hydrogens (tertiary/aromatic N) is 2. The van der Waals surface area contributed by atoms with Gasteiger partial charge in [-0.2, -0.15) is 0 Å². The monoisotopic (exact) mass is 334 g/mol. The summed E-state index contributed by atoms with van der Waals surface area (Å²) in [6, 6.07) is 10.5. The molecule has 0 bridgehead atoms. The number of para-hydroxylation sites is 1. The SMILES string of the molecule is COC(=O)CC1CN(CC2CN(c3ccccc3)CCO2)CCO1. The van der Waals surface area contributed by atoms with Gasteiger partial charge in [0.05, 0.1) is 39.0 Å². The standard InChI is InChI=1S/C18H26N2O4/c1-22-18(21)11-16-12-19(7-9-23-16)13-17-14-20(8-10-24-17)15-5-3-2-4-6-15/h2-6,16-17H,7-14H2,1H3. The molecule has 6 heteroatoms. The van der Waals surface area contributed by atoms with E-state index in [1.807, 2.05) is 6.07 Å². The van der Waals surface area contributed by atoms with Gasteiger partial charge in [-0.25, -0.2) is 0 Å². The molecular weight excluding hydrogens is 308 g/mol. The van der Waals surface area contributed by atoms with Gasteiger partial charge in [-0.05, 0) is 12.1 Å². The van der Waals surface area contributed by atoms with Crippen LogP contribution in [0.3, 0.4) is 0 Å². The summed E-state index contributed by atoms with van der Waals surface area (Å²) in [4.78, 5) is 16.1. The second-order valence-electron chi connectivity index (χ2n) is 6.31. The Bertz CT molecular complexity index is 525. The van der Waals surface area contributed by atoms with E-state index in [0.717, 1.165) is 39.3 Å². The number of carbonyl (C=O) groups is 1. The van der Waals surface area contributed by atoms with Crippen molar-refractivity contribution in [3.8, 4) is 0 Å². The third-order valence-corrected chi connectivity index (χ3v) is 4.57. The highest BCUT2D eigenvalue weighted by Gasteiger charge is 2.27. The van der Waals surface area contributed by atoms with Crippen LogP contribution in [0.5, 0.6) is 0 Å². The molecule has 6 nitrogen and oxygen atoms in total. The zero-order valence-electron chi connectivity index (χ0n) is 14.2. The van der Waals surface area contributed by atoms with Gasteiger partial charge >= 0.3 is 5.97 Å². The van der Waals surface area contributed by atoms with E-state index in [4.69, 9.17) is 14.2 Å². The lowest BCUT2D eigenvalue weighted by molar-refractivity contribution is -0.146. The highest BCUT2D eigenvalue weighted by atomic mass is 16.5. The van der Waals surface area contributed by atoms with Crippen molar-refractivity contribution in [1.82, 2.24) is 4.90 Å². The largest absolute Gasteiger partial charge is 0.469 e. The van der Waals surface area contributed by atoms with Crippen molar-refractivity contribution in [2.75, 3.05) is 57.9 Å². The normalized spacial score (nSPS) is 25.5. The minimum Gasteiger partial charge on any atom is -0.469 e. The van der Waals surface area contributed by atoms with Crippen LogP contribution in [0.1, 0.15) is 6.42 Å². The smallest absolute Gasteiger partial charge is 0.308 e. The molecule has 2 fully saturated rings. The number of methoxy groups -OCH3 is 1. The van der Waals surface area contributed by atoms with Gasteiger partial charge in [0.2, 0.25) is 0 Å². The Morgan fingerprint density at radius 2 is 1.88 bits per heavy atom. The zero-order chi connectivity index (χ0) is 16.8. The van der Waals surface area contributed by atoms with Crippen LogP contribution in [0.25, 0.3) is 0 Å². The van der Waals surface area contributed by atoms with Crippen LogP contribution in [0.4, 0.5) is 5.69 Å².